The lowest BCUT2D eigenvalue weighted by molar-refractivity contribution is 0.0952. The minimum Gasteiger partial charge on any atom is -0.380 e. The Morgan fingerprint density at radius 3 is 2.83 bits per heavy atom. The summed E-state index contributed by atoms with van der Waals surface area (Å²) in [7, 11) is 1.63. The molecule has 0 saturated heterocycles. The molecule has 3 N–H and O–H groups in total. The van der Waals surface area contributed by atoms with E-state index in [2.05, 4.69) is 5.32 Å². The number of ether oxygens (including phenoxy) is 1. The van der Waals surface area contributed by atoms with Crippen molar-refractivity contribution in [3.8, 4) is 0 Å². The molecule has 0 fully saturated rings. The van der Waals surface area contributed by atoms with Crippen molar-refractivity contribution in [2.45, 2.75) is 26.0 Å². The molecule has 0 heterocycles. The van der Waals surface area contributed by atoms with Gasteiger partial charge in [-0.2, -0.15) is 0 Å². The predicted octanol–water partition coefficient (Wildman–Crippen LogP) is 1.72. The minimum atomic E-state index is -0.0661. The standard InChI is InChI=1S/C13H20N2O2.ClH/c1-10(14)6-7-15-13(16)12-5-3-4-11(8-12)9-17-2;/h3-5,8,10H,6-7,9,14H2,1-2H3,(H,15,16);1H. The Labute approximate surface area is 114 Å². The first-order valence-electron chi connectivity index (χ1n) is 5.75. The van der Waals surface area contributed by atoms with E-state index in [-0.39, 0.29) is 24.4 Å². The number of nitrogens with one attached hydrogen (secondary N) is 1. The van der Waals surface area contributed by atoms with Crippen molar-refractivity contribution in [2.75, 3.05) is 13.7 Å². The maximum atomic E-state index is 11.8. The summed E-state index contributed by atoms with van der Waals surface area (Å²) in [6, 6.07) is 7.53. The molecule has 0 aromatic heterocycles. The Morgan fingerprint density at radius 2 is 2.22 bits per heavy atom. The second-order valence-electron chi connectivity index (χ2n) is 4.16. The van der Waals surface area contributed by atoms with Crippen molar-refractivity contribution in [2.24, 2.45) is 5.73 Å². The van der Waals surface area contributed by atoms with E-state index in [0.717, 1.165) is 12.0 Å². The first-order chi connectivity index (χ1) is 8.13. The largest absolute Gasteiger partial charge is 0.380 e. The molecule has 0 radical (unpaired) electrons. The molecule has 1 rings (SSSR count). The molecular weight excluding hydrogens is 252 g/mol. The van der Waals surface area contributed by atoms with Crippen molar-refractivity contribution in [3.05, 3.63) is 35.4 Å². The van der Waals surface area contributed by atoms with Crippen LogP contribution in [-0.4, -0.2) is 25.6 Å². The highest BCUT2D eigenvalue weighted by Crippen LogP contribution is 2.06. The Bertz CT molecular complexity index is 370. The quantitative estimate of drug-likeness (QED) is 0.829. The van der Waals surface area contributed by atoms with E-state index in [0.29, 0.717) is 18.7 Å². The number of rotatable bonds is 6. The number of carbonyl (C=O) groups excluding carboxylic acids is 1. The van der Waals surface area contributed by atoms with Crippen molar-refractivity contribution in [1.82, 2.24) is 5.32 Å². The van der Waals surface area contributed by atoms with Gasteiger partial charge in [0.1, 0.15) is 0 Å². The SMILES string of the molecule is COCc1cccc(C(=O)NCCC(C)N)c1.Cl. The molecule has 5 heteroatoms. The van der Waals surface area contributed by atoms with Crippen LogP contribution in [0.5, 0.6) is 0 Å². The van der Waals surface area contributed by atoms with Gasteiger partial charge in [0, 0.05) is 25.3 Å². The van der Waals surface area contributed by atoms with Crippen LogP contribution >= 0.6 is 12.4 Å². The maximum absolute atomic E-state index is 11.8. The monoisotopic (exact) mass is 272 g/mol. The Morgan fingerprint density at radius 1 is 1.50 bits per heavy atom. The normalized spacial score (nSPS) is 11.5. The summed E-state index contributed by atoms with van der Waals surface area (Å²) in [4.78, 5) is 11.8. The molecule has 102 valence electrons. The van der Waals surface area contributed by atoms with Gasteiger partial charge in [-0.25, -0.2) is 0 Å². The molecule has 4 nitrogen and oxygen atoms in total. The number of halogens is 1. The highest BCUT2D eigenvalue weighted by Gasteiger charge is 2.05. The summed E-state index contributed by atoms with van der Waals surface area (Å²) in [5, 5.41) is 2.84. The van der Waals surface area contributed by atoms with Gasteiger partial charge in [0.05, 0.1) is 6.61 Å². The van der Waals surface area contributed by atoms with E-state index in [1.54, 1.807) is 13.2 Å². The van der Waals surface area contributed by atoms with Gasteiger partial charge in [-0.3, -0.25) is 4.79 Å². The highest BCUT2D eigenvalue weighted by molar-refractivity contribution is 5.94. The van der Waals surface area contributed by atoms with E-state index in [1.165, 1.54) is 0 Å². The van der Waals surface area contributed by atoms with Gasteiger partial charge in [0.15, 0.2) is 0 Å². The van der Waals surface area contributed by atoms with Gasteiger partial charge in [-0.1, -0.05) is 12.1 Å². The van der Waals surface area contributed by atoms with Gasteiger partial charge in [-0.15, -0.1) is 12.4 Å². The second kappa shape index (κ2) is 8.91. The number of methoxy groups -OCH3 is 1. The fourth-order valence-electron chi connectivity index (χ4n) is 1.48. The lowest BCUT2D eigenvalue weighted by Crippen LogP contribution is -2.28. The molecule has 0 aliphatic heterocycles. The predicted molar refractivity (Wildman–Crippen MR) is 75.0 cm³/mol. The number of carbonyl (C=O) groups is 1. The van der Waals surface area contributed by atoms with E-state index >= 15 is 0 Å². The van der Waals surface area contributed by atoms with Crippen LogP contribution in [0.25, 0.3) is 0 Å². The van der Waals surface area contributed by atoms with E-state index in [9.17, 15) is 4.79 Å². The summed E-state index contributed by atoms with van der Waals surface area (Å²) in [5.41, 5.74) is 7.26. The van der Waals surface area contributed by atoms with Gasteiger partial charge in [0.2, 0.25) is 0 Å². The van der Waals surface area contributed by atoms with Gasteiger partial charge in [-0.05, 0) is 31.0 Å². The third-order valence-electron chi connectivity index (χ3n) is 2.39. The third-order valence-corrected chi connectivity index (χ3v) is 2.39. The first kappa shape index (κ1) is 16.9. The summed E-state index contributed by atoms with van der Waals surface area (Å²) in [5.74, 6) is -0.0661. The number of hydrogen-bond donors (Lipinski definition) is 2. The topological polar surface area (TPSA) is 64.3 Å². The number of benzene rings is 1. The van der Waals surface area contributed by atoms with Crippen LogP contribution in [0.4, 0.5) is 0 Å². The molecule has 0 aliphatic rings. The summed E-state index contributed by atoms with van der Waals surface area (Å²) in [6.07, 6.45) is 0.781. The first-order valence-corrected chi connectivity index (χ1v) is 5.75. The zero-order valence-corrected chi connectivity index (χ0v) is 11.6. The van der Waals surface area contributed by atoms with Crippen LogP contribution in [0, 0.1) is 0 Å². The molecule has 0 bridgehead atoms. The number of hydrogen-bond acceptors (Lipinski definition) is 3. The third kappa shape index (κ3) is 6.00. The Hall–Kier alpha value is -1.10. The second-order valence-corrected chi connectivity index (χ2v) is 4.16. The van der Waals surface area contributed by atoms with Gasteiger partial charge in [0.25, 0.3) is 5.91 Å². The molecular formula is C13H21ClN2O2. The molecule has 0 spiro atoms. The molecule has 0 saturated carbocycles. The van der Waals surface area contributed by atoms with Crippen molar-refractivity contribution in [3.63, 3.8) is 0 Å². The molecule has 1 atom stereocenters. The van der Waals surface area contributed by atoms with Crippen LogP contribution < -0.4 is 11.1 Å². The molecule has 1 amide bonds. The molecule has 0 aliphatic carbocycles. The zero-order valence-electron chi connectivity index (χ0n) is 10.8. The number of amides is 1. The molecule has 18 heavy (non-hydrogen) atoms. The summed E-state index contributed by atoms with van der Waals surface area (Å²) < 4.78 is 5.03. The smallest absolute Gasteiger partial charge is 0.251 e. The minimum absolute atomic E-state index is 0. The fraction of sp³-hybridized carbons (Fsp3) is 0.462. The van der Waals surface area contributed by atoms with Crippen LogP contribution in [0.15, 0.2) is 24.3 Å². The molecule has 1 unspecified atom stereocenters. The lowest BCUT2D eigenvalue weighted by Gasteiger charge is -2.08. The van der Waals surface area contributed by atoms with Crippen molar-refractivity contribution in [1.29, 1.82) is 0 Å². The van der Waals surface area contributed by atoms with E-state index in [1.807, 2.05) is 25.1 Å². The molecule has 1 aromatic rings. The van der Waals surface area contributed by atoms with Crippen molar-refractivity contribution < 1.29 is 9.53 Å². The average molecular weight is 273 g/mol. The molecule has 1 aromatic carbocycles. The maximum Gasteiger partial charge on any atom is 0.251 e. The van der Waals surface area contributed by atoms with Crippen molar-refractivity contribution >= 4 is 18.3 Å². The summed E-state index contributed by atoms with van der Waals surface area (Å²) >= 11 is 0. The Kier molecular flexibility index (Phi) is 8.37. The van der Waals surface area contributed by atoms with Crippen LogP contribution in [0.3, 0.4) is 0 Å². The van der Waals surface area contributed by atoms with E-state index < -0.39 is 0 Å². The summed E-state index contributed by atoms with van der Waals surface area (Å²) in [6.45, 7) is 3.04. The van der Waals surface area contributed by atoms with Crippen LogP contribution in [-0.2, 0) is 11.3 Å². The average Bonchev–Trinajstić information content (AvgIpc) is 2.29. The van der Waals surface area contributed by atoms with Crippen LogP contribution in [0.2, 0.25) is 0 Å². The Balaban J connectivity index is 0.00000289. The number of nitrogens with two attached hydrogens (primary N) is 1. The van der Waals surface area contributed by atoms with Gasteiger partial charge >= 0.3 is 0 Å². The zero-order chi connectivity index (χ0) is 12.7. The van der Waals surface area contributed by atoms with Crippen LogP contribution in [0.1, 0.15) is 29.3 Å². The van der Waals surface area contributed by atoms with E-state index in [4.69, 9.17) is 10.5 Å². The van der Waals surface area contributed by atoms with Gasteiger partial charge < -0.3 is 15.8 Å². The fourth-order valence-corrected chi connectivity index (χ4v) is 1.48. The lowest BCUT2D eigenvalue weighted by atomic mass is 10.1. The highest BCUT2D eigenvalue weighted by atomic mass is 35.5.